The number of hydrogen-bond donors (Lipinski definition) is 2. The molecule has 2 heterocycles. The van der Waals surface area contributed by atoms with Gasteiger partial charge in [-0.2, -0.15) is 0 Å². The Kier molecular flexibility index (Phi) is 4.05. The predicted molar refractivity (Wildman–Crippen MR) is 92.7 cm³/mol. The van der Waals surface area contributed by atoms with E-state index >= 15 is 0 Å². The number of nitrogens with zero attached hydrogens (tertiary/aromatic N) is 2. The van der Waals surface area contributed by atoms with E-state index in [2.05, 4.69) is 27.9 Å². The SMILES string of the molecule is CCNC(=NCc1nc(C)cs1)NC1C2CCOC2C12CCC2. The first-order chi connectivity index (χ1) is 11.2. The molecule has 3 aliphatic rings. The van der Waals surface area contributed by atoms with Gasteiger partial charge in [-0.1, -0.05) is 6.42 Å². The average Bonchev–Trinajstić information content (AvgIpc) is 3.08. The molecular formula is C17H26N4OS. The molecule has 5 nitrogen and oxygen atoms in total. The zero-order valence-corrected chi connectivity index (χ0v) is 14.8. The summed E-state index contributed by atoms with van der Waals surface area (Å²) < 4.78 is 6.00. The van der Waals surface area contributed by atoms with Gasteiger partial charge in [-0.3, -0.25) is 0 Å². The number of thiazole rings is 1. The van der Waals surface area contributed by atoms with Crippen LogP contribution in [0.3, 0.4) is 0 Å². The fourth-order valence-corrected chi connectivity index (χ4v) is 5.24. The second kappa shape index (κ2) is 6.06. The van der Waals surface area contributed by atoms with Crippen LogP contribution in [-0.2, 0) is 11.3 Å². The first-order valence-corrected chi connectivity index (χ1v) is 9.68. The molecule has 3 atom stereocenters. The summed E-state index contributed by atoms with van der Waals surface area (Å²) in [7, 11) is 0. The standard InChI is InChI=1S/C17H26N4OS/c1-3-18-16(19-9-13-20-11(2)10-23-13)21-14-12-5-8-22-15(12)17(14)6-4-7-17/h10,12,14-15H,3-9H2,1-2H3,(H2,18,19,21). The van der Waals surface area contributed by atoms with Crippen molar-refractivity contribution in [3.05, 3.63) is 16.1 Å². The number of aliphatic imine (C=N–C) groups is 1. The zero-order valence-electron chi connectivity index (χ0n) is 14.0. The summed E-state index contributed by atoms with van der Waals surface area (Å²) in [6.45, 7) is 6.61. The first-order valence-electron chi connectivity index (χ1n) is 8.80. The molecule has 2 aliphatic carbocycles. The molecule has 23 heavy (non-hydrogen) atoms. The Bertz CT molecular complexity index is 595. The third kappa shape index (κ3) is 2.56. The Morgan fingerprint density at radius 1 is 1.52 bits per heavy atom. The average molecular weight is 334 g/mol. The maximum absolute atomic E-state index is 6.00. The molecule has 3 unspecified atom stereocenters. The number of fused-ring (bicyclic) bond motifs is 2. The summed E-state index contributed by atoms with van der Waals surface area (Å²) >= 11 is 1.69. The molecule has 0 radical (unpaired) electrons. The maximum atomic E-state index is 6.00. The minimum absolute atomic E-state index is 0.384. The summed E-state index contributed by atoms with van der Waals surface area (Å²) in [5.74, 6) is 1.60. The molecule has 126 valence electrons. The largest absolute Gasteiger partial charge is 0.377 e. The molecule has 0 bridgehead atoms. The second-order valence-electron chi connectivity index (χ2n) is 7.03. The summed E-state index contributed by atoms with van der Waals surface area (Å²) in [6, 6.07) is 0.527. The lowest BCUT2D eigenvalue weighted by Crippen LogP contribution is -2.72. The number of guanidine groups is 1. The van der Waals surface area contributed by atoms with E-state index in [0.29, 0.717) is 30.0 Å². The van der Waals surface area contributed by atoms with Crippen LogP contribution >= 0.6 is 11.3 Å². The van der Waals surface area contributed by atoms with E-state index in [9.17, 15) is 0 Å². The molecule has 6 heteroatoms. The van der Waals surface area contributed by atoms with E-state index in [1.807, 2.05) is 6.92 Å². The van der Waals surface area contributed by atoms with Crippen LogP contribution in [0.1, 0.15) is 43.3 Å². The third-order valence-corrected chi connectivity index (χ3v) is 6.66. The summed E-state index contributed by atoms with van der Waals surface area (Å²) in [4.78, 5) is 9.26. The molecule has 0 aromatic carbocycles. The van der Waals surface area contributed by atoms with Gasteiger partial charge in [-0.15, -0.1) is 11.3 Å². The maximum Gasteiger partial charge on any atom is 0.191 e. The van der Waals surface area contributed by atoms with Gasteiger partial charge in [0.2, 0.25) is 0 Å². The summed E-state index contributed by atoms with van der Waals surface area (Å²) in [5, 5.41) is 10.3. The van der Waals surface area contributed by atoms with Crippen molar-refractivity contribution < 1.29 is 4.74 Å². The summed E-state index contributed by atoms with van der Waals surface area (Å²) in [5.41, 5.74) is 1.46. The van der Waals surface area contributed by atoms with Gasteiger partial charge in [0.15, 0.2) is 5.96 Å². The molecule has 1 aromatic heterocycles. The van der Waals surface area contributed by atoms with Crippen molar-refractivity contribution in [1.82, 2.24) is 15.6 Å². The number of hydrogen-bond acceptors (Lipinski definition) is 4. The molecule has 1 aliphatic heterocycles. The lowest BCUT2D eigenvalue weighted by atomic mass is 9.46. The topological polar surface area (TPSA) is 58.5 Å². The van der Waals surface area contributed by atoms with Crippen LogP contribution in [0.15, 0.2) is 10.4 Å². The quantitative estimate of drug-likeness (QED) is 0.656. The normalized spacial score (nSPS) is 31.4. The first kappa shape index (κ1) is 15.4. The van der Waals surface area contributed by atoms with Crippen molar-refractivity contribution in [3.63, 3.8) is 0 Å². The van der Waals surface area contributed by atoms with E-state index in [-0.39, 0.29) is 0 Å². The minimum Gasteiger partial charge on any atom is -0.377 e. The predicted octanol–water partition coefficient (Wildman–Crippen LogP) is 2.46. The highest BCUT2D eigenvalue weighted by atomic mass is 32.1. The second-order valence-corrected chi connectivity index (χ2v) is 7.97. The highest BCUT2D eigenvalue weighted by molar-refractivity contribution is 7.09. The van der Waals surface area contributed by atoms with Gasteiger partial charge in [0.25, 0.3) is 0 Å². The van der Waals surface area contributed by atoms with E-state index in [4.69, 9.17) is 9.73 Å². The highest BCUT2D eigenvalue weighted by Crippen LogP contribution is 2.62. The lowest BCUT2D eigenvalue weighted by molar-refractivity contribution is -0.171. The molecule has 0 amide bonds. The lowest BCUT2D eigenvalue weighted by Gasteiger charge is -2.63. The van der Waals surface area contributed by atoms with Gasteiger partial charge in [0, 0.05) is 41.6 Å². The monoisotopic (exact) mass is 334 g/mol. The highest BCUT2D eigenvalue weighted by Gasteiger charge is 2.66. The number of aryl methyl sites for hydroxylation is 1. The van der Waals surface area contributed by atoms with Gasteiger partial charge in [0.1, 0.15) is 5.01 Å². The molecule has 3 fully saturated rings. The van der Waals surface area contributed by atoms with Crippen LogP contribution in [0, 0.1) is 18.3 Å². The number of rotatable bonds is 4. The molecule has 1 spiro atoms. The van der Waals surface area contributed by atoms with Gasteiger partial charge >= 0.3 is 0 Å². The van der Waals surface area contributed by atoms with Gasteiger partial charge in [-0.25, -0.2) is 9.98 Å². The molecule has 1 aromatic rings. The van der Waals surface area contributed by atoms with Crippen LogP contribution in [0.4, 0.5) is 0 Å². The van der Waals surface area contributed by atoms with Gasteiger partial charge < -0.3 is 15.4 Å². The van der Waals surface area contributed by atoms with Crippen molar-refractivity contribution in [3.8, 4) is 0 Å². The molecular weight excluding hydrogens is 308 g/mol. The van der Waals surface area contributed by atoms with Crippen LogP contribution in [0.25, 0.3) is 0 Å². The van der Waals surface area contributed by atoms with Crippen LogP contribution in [-0.4, -0.2) is 36.2 Å². The van der Waals surface area contributed by atoms with E-state index in [1.165, 1.54) is 25.7 Å². The summed E-state index contributed by atoms with van der Waals surface area (Å²) in [6.07, 6.45) is 5.64. The van der Waals surface area contributed by atoms with Crippen molar-refractivity contribution in [2.45, 2.75) is 58.2 Å². The molecule has 2 saturated carbocycles. The van der Waals surface area contributed by atoms with Gasteiger partial charge in [-0.05, 0) is 33.1 Å². The fraction of sp³-hybridized carbons (Fsp3) is 0.765. The van der Waals surface area contributed by atoms with E-state index < -0.39 is 0 Å². The van der Waals surface area contributed by atoms with Crippen molar-refractivity contribution in [1.29, 1.82) is 0 Å². The van der Waals surface area contributed by atoms with E-state index in [0.717, 1.165) is 29.8 Å². The number of aromatic nitrogens is 1. The fourth-order valence-electron chi connectivity index (χ4n) is 4.55. The zero-order chi connectivity index (χ0) is 15.9. The van der Waals surface area contributed by atoms with Crippen LogP contribution < -0.4 is 10.6 Å². The Balaban J connectivity index is 1.45. The Labute approximate surface area is 141 Å². The molecule has 4 rings (SSSR count). The smallest absolute Gasteiger partial charge is 0.191 e. The van der Waals surface area contributed by atoms with Crippen molar-refractivity contribution in [2.75, 3.05) is 13.2 Å². The third-order valence-electron chi connectivity index (χ3n) is 5.71. The Morgan fingerprint density at radius 3 is 3.04 bits per heavy atom. The van der Waals surface area contributed by atoms with Crippen LogP contribution in [0.2, 0.25) is 0 Å². The minimum atomic E-state index is 0.384. The number of ether oxygens (including phenoxy) is 1. The molecule has 2 N–H and O–H groups in total. The van der Waals surface area contributed by atoms with E-state index in [1.54, 1.807) is 11.3 Å². The van der Waals surface area contributed by atoms with Crippen LogP contribution in [0.5, 0.6) is 0 Å². The Morgan fingerprint density at radius 2 is 2.39 bits per heavy atom. The van der Waals surface area contributed by atoms with Crippen molar-refractivity contribution in [2.24, 2.45) is 16.3 Å². The van der Waals surface area contributed by atoms with Crippen molar-refractivity contribution >= 4 is 17.3 Å². The number of nitrogens with one attached hydrogen (secondary N) is 2. The Hall–Kier alpha value is -1.14. The van der Waals surface area contributed by atoms with Gasteiger partial charge in [0.05, 0.1) is 12.6 Å². The molecule has 1 saturated heterocycles.